The molecular weight excluding hydrogens is 222 g/mol. The lowest BCUT2D eigenvalue weighted by molar-refractivity contribution is 0.152. The van der Waals surface area contributed by atoms with Crippen molar-refractivity contribution in [2.24, 2.45) is 0 Å². The van der Waals surface area contributed by atoms with Crippen LogP contribution < -0.4 is 5.32 Å². The standard InChI is InChI=1S/C8H17NO5S/c1-2-14-8(10)9-6-4-3-5-7-15(11,12)13/h2-7H2,1H3,(H,9,10)(H,11,12,13). The molecule has 0 unspecified atom stereocenters. The zero-order valence-corrected chi connectivity index (χ0v) is 9.55. The summed E-state index contributed by atoms with van der Waals surface area (Å²) in [6, 6.07) is 0. The molecule has 6 nitrogen and oxygen atoms in total. The highest BCUT2D eigenvalue weighted by molar-refractivity contribution is 7.85. The monoisotopic (exact) mass is 239 g/mol. The number of nitrogens with one attached hydrogen (secondary N) is 1. The summed E-state index contributed by atoms with van der Waals surface area (Å²) in [6.07, 6.45) is 1.22. The lowest BCUT2D eigenvalue weighted by Crippen LogP contribution is -2.25. The number of rotatable bonds is 7. The molecule has 0 atom stereocenters. The molecule has 0 aromatic carbocycles. The van der Waals surface area contributed by atoms with Gasteiger partial charge in [0.05, 0.1) is 12.4 Å². The Kier molecular flexibility index (Phi) is 7.06. The van der Waals surface area contributed by atoms with Crippen molar-refractivity contribution < 1.29 is 22.5 Å². The molecule has 0 aliphatic heterocycles. The fourth-order valence-corrected chi connectivity index (χ4v) is 1.53. The molecule has 7 heteroatoms. The average Bonchev–Trinajstić information content (AvgIpc) is 2.09. The van der Waals surface area contributed by atoms with Crippen LogP contribution in [-0.2, 0) is 14.9 Å². The Labute approximate surface area is 89.7 Å². The van der Waals surface area contributed by atoms with Gasteiger partial charge in [0.25, 0.3) is 10.1 Å². The van der Waals surface area contributed by atoms with Gasteiger partial charge in [-0.25, -0.2) is 4.79 Å². The lowest BCUT2D eigenvalue weighted by atomic mass is 10.2. The summed E-state index contributed by atoms with van der Waals surface area (Å²) >= 11 is 0. The van der Waals surface area contributed by atoms with E-state index >= 15 is 0 Å². The molecule has 0 saturated heterocycles. The number of unbranched alkanes of at least 4 members (excludes halogenated alkanes) is 2. The van der Waals surface area contributed by atoms with Gasteiger partial charge in [-0.05, 0) is 19.8 Å². The Bertz CT molecular complexity index is 275. The van der Waals surface area contributed by atoms with Gasteiger partial charge in [-0.15, -0.1) is 0 Å². The molecule has 0 aromatic rings. The van der Waals surface area contributed by atoms with E-state index in [1.165, 1.54) is 0 Å². The third-order valence-corrected chi connectivity index (χ3v) is 2.43. The van der Waals surface area contributed by atoms with Gasteiger partial charge in [0.15, 0.2) is 0 Å². The van der Waals surface area contributed by atoms with E-state index in [2.05, 4.69) is 10.1 Å². The summed E-state index contributed by atoms with van der Waals surface area (Å²) in [7, 11) is -3.85. The van der Waals surface area contributed by atoms with Crippen LogP contribution >= 0.6 is 0 Å². The topological polar surface area (TPSA) is 92.7 Å². The maximum absolute atomic E-state index is 10.8. The predicted octanol–water partition coefficient (Wildman–Crippen LogP) is 0.791. The zero-order chi connectivity index (χ0) is 11.7. The zero-order valence-electron chi connectivity index (χ0n) is 8.73. The minimum atomic E-state index is -3.85. The Hall–Kier alpha value is -0.820. The molecule has 1 amide bonds. The van der Waals surface area contributed by atoms with Crippen LogP contribution in [0.25, 0.3) is 0 Å². The van der Waals surface area contributed by atoms with Gasteiger partial charge in [-0.2, -0.15) is 8.42 Å². The first-order valence-corrected chi connectivity index (χ1v) is 6.42. The van der Waals surface area contributed by atoms with Crippen molar-refractivity contribution >= 4 is 16.2 Å². The first-order chi connectivity index (χ1) is 6.95. The van der Waals surface area contributed by atoms with Crippen LogP contribution in [0.3, 0.4) is 0 Å². The second-order valence-corrected chi connectivity index (χ2v) is 4.57. The van der Waals surface area contributed by atoms with Gasteiger partial charge >= 0.3 is 6.09 Å². The largest absolute Gasteiger partial charge is 0.450 e. The third kappa shape index (κ3) is 11.1. The molecule has 0 aromatic heterocycles. The first kappa shape index (κ1) is 14.2. The Morgan fingerprint density at radius 2 is 2.00 bits per heavy atom. The fraction of sp³-hybridized carbons (Fsp3) is 0.875. The second-order valence-electron chi connectivity index (χ2n) is 2.99. The van der Waals surface area contributed by atoms with E-state index in [9.17, 15) is 13.2 Å². The van der Waals surface area contributed by atoms with Crippen LogP contribution in [0.4, 0.5) is 4.79 Å². The Morgan fingerprint density at radius 1 is 1.33 bits per heavy atom. The maximum atomic E-state index is 10.8. The molecule has 0 rings (SSSR count). The summed E-state index contributed by atoms with van der Waals surface area (Å²) < 4.78 is 33.7. The highest BCUT2D eigenvalue weighted by atomic mass is 32.2. The molecule has 0 radical (unpaired) electrons. The quantitative estimate of drug-likeness (QED) is 0.506. The number of ether oxygens (including phenoxy) is 1. The number of carbonyl (C=O) groups excluding carboxylic acids is 1. The van der Waals surface area contributed by atoms with Gasteiger partial charge in [0, 0.05) is 6.54 Å². The predicted molar refractivity (Wildman–Crippen MR) is 55.3 cm³/mol. The minimum Gasteiger partial charge on any atom is -0.450 e. The average molecular weight is 239 g/mol. The van der Waals surface area contributed by atoms with Gasteiger partial charge in [-0.3, -0.25) is 4.55 Å². The van der Waals surface area contributed by atoms with Gasteiger partial charge in [0.1, 0.15) is 0 Å². The normalized spacial score (nSPS) is 11.1. The van der Waals surface area contributed by atoms with Crippen molar-refractivity contribution in [3.05, 3.63) is 0 Å². The first-order valence-electron chi connectivity index (χ1n) is 4.81. The highest BCUT2D eigenvalue weighted by Gasteiger charge is 2.03. The van der Waals surface area contributed by atoms with Crippen molar-refractivity contribution in [2.75, 3.05) is 18.9 Å². The molecule has 0 aliphatic carbocycles. The Balaban J connectivity index is 3.29. The van der Waals surface area contributed by atoms with Gasteiger partial charge in [-0.1, -0.05) is 6.42 Å². The van der Waals surface area contributed by atoms with Crippen LogP contribution in [0.5, 0.6) is 0 Å². The van der Waals surface area contributed by atoms with Crippen LogP contribution in [0.2, 0.25) is 0 Å². The van der Waals surface area contributed by atoms with Crippen LogP contribution in [0.1, 0.15) is 26.2 Å². The molecule has 0 aliphatic rings. The summed E-state index contributed by atoms with van der Waals surface area (Å²) in [4.78, 5) is 10.8. The SMILES string of the molecule is CCOC(=O)NCCCCCS(=O)(=O)O. The van der Waals surface area contributed by atoms with Crippen molar-refractivity contribution in [2.45, 2.75) is 26.2 Å². The molecule has 0 bridgehead atoms. The van der Waals surface area contributed by atoms with Crippen LogP contribution in [0, 0.1) is 0 Å². The molecule has 0 spiro atoms. The molecule has 0 heterocycles. The second kappa shape index (κ2) is 7.47. The van der Waals surface area contributed by atoms with E-state index in [1.54, 1.807) is 6.92 Å². The van der Waals surface area contributed by atoms with E-state index in [1.807, 2.05) is 0 Å². The van der Waals surface area contributed by atoms with Crippen LogP contribution in [0.15, 0.2) is 0 Å². The minimum absolute atomic E-state index is 0.230. The van der Waals surface area contributed by atoms with E-state index in [0.29, 0.717) is 32.4 Å². The molecule has 2 N–H and O–H groups in total. The summed E-state index contributed by atoms with van der Waals surface area (Å²) in [5.41, 5.74) is 0. The summed E-state index contributed by atoms with van der Waals surface area (Å²) in [6.45, 7) is 2.49. The lowest BCUT2D eigenvalue weighted by Gasteiger charge is -2.04. The van der Waals surface area contributed by atoms with E-state index in [0.717, 1.165) is 0 Å². The van der Waals surface area contributed by atoms with E-state index in [4.69, 9.17) is 4.55 Å². The maximum Gasteiger partial charge on any atom is 0.407 e. The molecule has 15 heavy (non-hydrogen) atoms. The van der Waals surface area contributed by atoms with Gasteiger partial charge < -0.3 is 10.1 Å². The van der Waals surface area contributed by atoms with Crippen molar-refractivity contribution in [1.29, 1.82) is 0 Å². The molecule has 90 valence electrons. The number of hydrogen-bond donors (Lipinski definition) is 2. The van der Waals surface area contributed by atoms with Crippen molar-refractivity contribution in [3.8, 4) is 0 Å². The molecular formula is C8H17NO5S. The number of alkyl carbamates (subject to hydrolysis) is 1. The molecule has 0 saturated carbocycles. The number of carbonyl (C=O) groups is 1. The van der Waals surface area contributed by atoms with Crippen molar-refractivity contribution in [1.82, 2.24) is 5.32 Å². The van der Waals surface area contributed by atoms with E-state index < -0.39 is 16.2 Å². The van der Waals surface area contributed by atoms with Crippen LogP contribution in [-0.4, -0.2) is 38.0 Å². The highest BCUT2D eigenvalue weighted by Crippen LogP contribution is 1.97. The van der Waals surface area contributed by atoms with Crippen molar-refractivity contribution in [3.63, 3.8) is 0 Å². The number of hydrogen-bond acceptors (Lipinski definition) is 4. The summed E-state index contributed by atoms with van der Waals surface area (Å²) in [5.74, 6) is -0.230. The van der Waals surface area contributed by atoms with E-state index in [-0.39, 0.29) is 5.75 Å². The fourth-order valence-electron chi connectivity index (χ4n) is 0.959. The summed E-state index contributed by atoms with van der Waals surface area (Å²) in [5, 5.41) is 2.51. The third-order valence-electron chi connectivity index (χ3n) is 1.62. The smallest absolute Gasteiger partial charge is 0.407 e. The molecule has 0 fully saturated rings. The number of amides is 1. The Morgan fingerprint density at radius 3 is 2.53 bits per heavy atom. The van der Waals surface area contributed by atoms with Gasteiger partial charge in [0.2, 0.25) is 0 Å².